The Balaban J connectivity index is 2.04. The first-order valence-corrected chi connectivity index (χ1v) is 10.5. The van der Waals surface area contributed by atoms with E-state index in [2.05, 4.69) is 5.32 Å². The highest BCUT2D eigenvalue weighted by atomic mass is 32.2. The minimum atomic E-state index is -3.54. The Morgan fingerprint density at radius 3 is 2.32 bits per heavy atom. The molecule has 134 valence electrons. The predicted molar refractivity (Wildman–Crippen MR) is 102 cm³/mol. The summed E-state index contributed by atoms with van der Waals surface area (Å²) in [4.78, 5) is 0.410. The molecule has 0 atom stereocenters. The predicted octanol–water partition coefficient (Wildman–Crippen LogP) is 3.51. The van der Waals surface area contributed by atoms with Gasteiger partial charge >= 0.3 is 0 Å². The lowest BCUT2D eigenvalue weighted by Crippen LogP contribution is -2.46. The van der Waals surface area contributed by atoms with Gasteiger partial charge in [0.25, 0.3) is 0 Å². The Hall–Kier alpha value is -1.69. The van der Waals surface area contributed by atoms with Gasteiger partial charge in [-0.1, -0.05) is 55.5 Å². The van der Waals surface area contributed by atoms with Gasteiger partial charge in [-0.2, -0.15) is 4.31 Å². The van der Waals surface area contributed by atoms with Gasteiger partial charge in [0.05, 0.1) is 4.90 Å². The molecule has 0 spiro atoms. The summed E-state index contributed by atoms with van der Waals surface area (Å²) in [6.45, 7) is 4.35. The van der Waals surface area contributed by atoms with E-state index in [1.165, 1.54) is 0 Å². The first kappa shape index (κ1) is 18.1. The van der Waals surface area contributed by atoms with Crippen LogP contribution in [0.4, 0.5) is 0 Å². The Morgan fingerprint density at radius 1 is 1.00 bits per heavy atom. The van der Waals surface area contributed by atoms with Crippen LogP contribution in [0.3, 0.4) is 0 Å². The Labute approximate surface area is 150 Å². The quantitative estimate of drug-likeness (QED) is 0.860. The molecule has 1 fully saturated rings. The van der Waals surface area contributed by atoms with Crippen LogP contribution in [0.25, 0.3) is 11.1 Å². The molecule has 0 radical (unpaired) electrons. The molecule has 1 N–H and O–H groups in total. The maximum atomic E-state index is 13.5. The van der Waals surface area contributed by atoms with E-state index in [1.807, 2.05) is 55.5 Å². The number of benzene rings is 2. The number of nitrogens with zero attached hydrogens (tertiary/aromatic N) is 1. The van der Waals surface area contributed by atoms with Gasteiger partial charge in [0.15, 0.2) is 0 Å². The van der Waals surface area contributed by atoms with E-state index in [0.717, 1.165) is 43.5 Å². The average Bonchev–Trinajstić information content (AvgIpc) is 2.67. The number of sulfonamides is 1. The van der Waals surface area contributed by atoms with E-state index >= 15 is 0 Å². The molecule has 5 heteroatoms. The van der Waals surface area contributed by atoms with Crippen LogP contribution >= 0.6 is 0 Å². The lowest BCUT2D eigenvalue weighted by atomic mass is 10.1. The van der Waals surface area contributed by atoms with E-state index in [-0.39, 0.29) is 6.04 Å². The molecule has 0 saturated carbocycles. The minimum Gasteiger partial charge on any atom is -0.317 e. The van der Waals surface area contributed by atoms with Crippen molar-refractivity contribution in [1.29, 1.82) is 0 Å². The molecule has 0 unspecified atom stereocenters. The topological polar surface area (TPSA) is 49.4 Å². The molecule has 0 aromatic heterocycles. The van der Waals surface area contributed by atoms with Crippen molar-refractivity contribution in [3.05, 3.63) is 54.6 Å². The fourth-order valence-electron chi connectivity index (χ4n) is 3.49. The molecule has 1 saturated heterocycles. The molecule has 1 aliphatic heterocycles. The highest BCUT2D eigenvalue weighted by Gasteiger charge is 2.33. The van der Waals surface area contributed by atoms with Crippen molar-refractivity contribution >= 4 is 10.0 Å². The lowest BCUT2D eigenvalue weighted by Gasteiger charge is -2.34. The van der Waals surface area contributed by atoms with Gasteiger partial charge in [-0.05, 0) is 44.0 Å². The van der Waals surface area contributed by atoms with Crippen molar-refractivity contribution in [3.63, 3.8) is 0 Å². The van der Waals surface area contributed by atoms with Crippen LogP contribution < -0.4 is 5.32 Å². The highest BCUT2D eigenvalue weighted by molar-refractivity contribution is 7.89. The van der Waals surface area contributed by atoms with Gasteiger partial charge < -0.3 is 5.32 Å². The van der Waals surface area contributed by atoms with Crippen LogP contribution in [0, 0.1) is 0 Å². The standard InChI is InChI=1S/C20H26N2O2S/c1-2-16-22(18-12-14-21-15-13-18)25(23,24)20-11-7-6-10-19(20)17-8-4-3-5-9-17/h3-11,18,21H,2,12-16H2,1H3. The normalized spacial score (nSPS) is 16.2. The van der Waals surface area contributed by atoms with E-state index in [9.17, 15) is 8.42 Å². The number of piperidine rings is 1. The fourth-order valence-corrected chi connectivity index (χ4v) is 5.48. The number of hydrogen-bond acceptors (Lipinski definition) is 3. The number of rotatable bonds is 6. The largest absolute Gasteiger partial charge is 0.317 e. The summed E-state index contributed by atoms with van der Waals surface area (Å²) in [6.07, 6.45) is 2.55. The summed E-state index contributed by atoms with van der Waals surface area (Å²) in [5.74, 6) is 0. The van der Waals surface area contributed by atoms with Gasteiger partial charge in [0.1, 0.15) is 0 Å². The molecule has 1 heterocycles. The summed E-state index contributed by atoms with van der Waals surface area (Å²) >= 11 is 0. The van der Waals surface area contributed by atoms with Crippen LogP contribution in [-0.2, 0) is 10.0 Å². The van der Waals surface area contributed by atoms with Crippen LogP contribution in [0.15, 0.2) is 59.5 Å². The van der Waals surface area contributed by atoms with E-state index in [4.69, 9.17) is 0 Å². The van der Waals surface area contributed by atoms with Crippen LogP contribution in [0.1, 0.15) is 26.2 Å². The smallest absolute Gasteiger partial charge is 0.243 e. The summed E-state index contributed by atoms with van der Waals surface area (Å²) in [5, 5.41) is 3.32. The lowest BCUT2D eigenvalue weighted by molar-refractivity contribution is 0.262. The van der Waals surface area contributed by atoms with Crippen molar-refractivity contribution in [1.82, 2.24) is 9.62 Å². The second kappa shape index (κ2) is 8.13. The molecule has 2 aromatic rings. The molecule has 0 bridgehead atoms. The van der Waals surface area contributed by atoms with E-state index in [0.29, 0.717) is 11.4 Å². The monoisotopic (exact) mass is 358 g/mol. The van der Waals surface area contributed by atoms with Crippen molar-refractivity contribution < 1.29 is 8.42 Å². The third-order valence-electron chi connectivity index (χ3n) is 4.72. The molecule has 0 aliphatic carbocycles. The van der Waals surface area contributed by atoms with E-state index in [1.54, 1.807) is 10.4 Å². The van der Waals surface area contributed by atoms with Gasteiger partial charge in [0, 0.05) is 18.2 Å². The third-order valence-corrected chi connectivity index (χ3v) is 6.73. The summed E-state index contributed by atoms with van der Waals surface area (Å²) in [6, 6.07) is 17.2. The number of nitrogens with one attached hydrogen (secondary N) is 1. The zero-order valence-corrected chi connectivity index (χ0v) is 15.5. The van der Waals surface area contributed by atoms with E-state index < -0.39 is 10.0 Å². The van der Waals surface area contributed by atoms with Crippen molar-refractivity contribution in [2.75, 3.05) is 19.6 Å². The Morgan fingerprint density at radius 2 is 1.64 bits per heavy atom. The third kappa shape index (κ3) is 3.94. The molecule has 4 nitrogen and oxygen atoms in total. The Bertz CT molecular complexity index is 784. The minimum absolute atomic E-state index is 0.0787. The highest BCUT2D eigenvalue weighted by Crippen LogP contribution is 2.31. The first-order valence-electron chi connectivity index (χ1n) is 9.01. The molecule has 1 aliphatic rings. The summed E-state index contributed by atoms with van der Waals surface area (Å²) in [5.41, 5.74) is 1.71. The maximum absolute atomic E-state index is 13.5. The zero-order chi connectivity index (χ0) is 17.7. The van der Waals surface area contributed by atoms with Gasteiger partial charge in [-0.3, -0.25) is 0 Å². The van der Waals surface area contributed by atoms with Crippen molar-refractivity contribution in [2.45, 2.75) is 37.1 Å². The SMILES string of the molecule is CCCN(C1CCNCC1)S(=O)(=O)c1ccccc1-c1ccccc1. The van der Waals surface area contributed by atoms with Crippen molar-refractivity contribution in [3.8, 4) is 11.1 Å². The molecule has 2 aromatic carbocycles. The molecular formula is C20H26N2O2S. The van der Waals surface area contributed by atoms with Gasteiger partial charge in [-0.25, -0.2) is 8.42 Å². The fraction of sp³-hybridized carbons (Fsp3) is 0.400. The second-order valence-corrected chi connectivity index (χ2v) is 8.32. The summed E-state index contributed by atoms with van der Waals surface area (Å²) < 4.78 is 28.8. The van der Waals surface area contributed by atoms with Crippen molar-refractivity contribution in [2.24, 2.45) is 0 Å². The molecule has 0 amide bonds. The first-order chi connectivity index (χ1) is 12.1. The molecular weight excluding hydrogens is 332 g/mol. The average molecular weight is 359 g/mol. The maximum Gasteiger partial charge on any atom is 0.243 e. The zero-order valence-electron chi connectivity index (χ0n) is 14.7. The summed E-state index contributed by atoms with van der Waals surface area (Å²) in [7, 11) is -3.54. The number of hydrogen-bond donors (Lipinski definition) is 1. The van der Waals surface area contributed by atoms with Crippen LogP contribution in [0.2, 0.25) is 0 Å². The van der Waals surface area contributed by atoms with Gasteiger partial charge in [-0.15, -0.1) is 0 Å². The van der Waals surface area contributed by atoms with Crippen LogP contribution in [0.5, 0.6) is 0 Å². The van der Waals surface area contributed by atoms with Gasteiger partial charge in [0.2, 0.25) is 10.0 Å². The Kier molecular flexibility index (Phi) is 5.89. The van der Waals surface area contributed by atoms with Crippen LogP contribution in [-0.4, -0.2) is 38.4 Å². The second-order valence-electron chi connectivity index (χ2n) is 6.46. The molecule has 25 heavy (non-hydrogen) atoms. The molecule has 3 rings (SSSR count).